The van der Waals surface area contributed by atoms with Crippen molar-refractivity contribution in [3.05, 3.63) is 35.4 Å². The van der Waals surface area contributed by atoms with Crippen LogP contribution < -0.4 is 0 Å². The van der Waals surface area contributed by atoms with Crippen LogP contribution >= 0.6 is 11.8 Å². The summed E-state index contributed by atoms with van der Waals surface area (Å²) in [6, 6.07) is 7.05. The number of carbonyl (C=O) groups excluding carboxylic acids is 1. The number of thioether (sulfide) groups is 1. The van der Waals surface area contributed by atoms with E-state index < -0.39 is 6.17 Å². The largest absolute Gasteiger partial charge is 0.294 e. The lowest BCUT2D eigenvalue weighted by Gasteiger charge is -2.17. The van der Waals surface area contributed by atoms with Gasteiger partial charge in [0.2, 0.25) is 0 Å². The molecule has 1 saturated heterocycles. The van der Waals surface area contributed by atoms with Gasteiger partial charge in [0, 0.05) is 11.5 Å². The fourth-order valence-corrected chi connectivity index (χ4v) is 3.37. The summed E-state index contributed by atoms with van der Waals surface area (Å²) in [5, 5.41) is 0. The summed E-state index contributed by atoms with van der Waals surface area (Å²) < 4.78 is 14.3. The first kappa shape index (κ1) is 11.6. The van der Waals surface area contributed by atoms with Crippen LogP contribution in [0.5, 0.6) is 0 Å². The van der Waals surface area contributed by atoms with Crippen LogP contribution in [0.4, 0.5) is 4.39 Å². The van der Waals surface area contributed by atoms with Gasteiger partial charge in [-0.25, -0.2) is 4.39 Å². The first-order valence-corrected chi connectivity index (χ1v) is 6.67. The average Bonchev–Trinajstić information content (AvgIpc) is 2.81. The molecule has 0 saturated carbocycles. The molecule has 1 nitrogen and oxygen atoms in total. The molecule has 0 aliphatic carbocycles. The van der Waals surface area contributed by atoms with Crippen LogP contribution in [0.1, 0.15) is 35.4 Å². The number of benzene rings is 1. The van der Waals surface area contributed by atoms with Crippen molar-refractivity contribution in [3.63, 3.8) is 0 Å². The Morgan fingerprint density at radius 1 is 1.50 bits per heavy atom. The van der Waals surface area contributed by atoms with Gasteiger partial charge in [0.1, 0.15) is 6.17 Å². The molecule has 16 heavy (non-hydrogen) atoms. The molecule has 0 radical (unpaired) electrons. The molecule has 2 rings (SSSR count). The summed E-state index contributed by atoms with van der Waals surface area (Å²) in [5.41, 5.74) is 1.11. The van der Waals surface area contributed by atoms with E-state index in [0.717, 1.165) is 17.9 Å². The van der Waals surface area contributed by atoms with Gasteiger partial charge in [-0.2, -0.15) is 11.8 Å². The van der Waals surface area contributed by atoms with Crippen molar-refractivity contribution in [2.45, 2.75) is 19.5 Å². The van der Waals surface area contributed by atoms with E-state index >= 15 is 0 Å². The second-order valence-electron chi connectivity index (χ2n) is 4.17. The van der Waals surface area contributed by atoms with Gasteiger partial charge in [-0.3, -0.25) is 4.79 Å². The summed E-state index contributed by atoms with van der Waals surface area (Å²) >= 11 is 1.79. The smallest absolute Gasteiger partial charge is 0.160 e. The zero-order valence-corrected chi connectivity index (χ0v) is 10.1. The number of rotatable bonds is 3. The van der Waals surface area contributed by atoms with Crippen molar-refractivity contribution in [1.29, 1.82) is 0 Å². The third kappa shape index (κ3) is 2.29. The summed E-state index contributed by atoms with van der Waals surface area (Å²) in [5.74, 6) is 1.93. The van der Waals surface area contributed by atoms with Crippen molar-refractivity contribution >= 4 is 17.5 Å². The number of carbonyl (C=O) groups is 1. The Kier molecular flexibility index (Phi) is 3.64. The Bertz CT molecular complexity index is 385. The number of alkyl halides is 1. The molecule has 1 heterocycles. The lowest BCUT2D eigenvalue weighted by Crippen LogP contribution is -2.11. The molecule has 3 heteroatoms. The van der Waals surface area contributed by atoms with E-state index in [0.29, 0.717) is 11.1 Å². The number of ketones is 1. The minimum Gasteiger partial charge on any atom is -0.294 e. The van der Waals surface area contributed by atoms with Gasteiger partial charge in [0.25, 0.3) is 0 Å². The molecule has 0 aromatic heterocycles. The maximum atomic E-state index is 14.3. The van der Waals surface area contributed by atoms with E-state index in [2.05, 4.69) is 0 Å². The number of Topliss-reactive ketones (excluding diaryl/α,β-unsaturated/α-hetero) is 1. The maximum absolute atomic E-state index is 14.3. The van der Waals surface area contributed by atoms with Gasteiger partial charge < -0.3 is 0 Å². The van der Waals surface area contributed by atoms with Gasteiger partial charge in [0.05, 0.1) is 0 Å². The van der Waals surface area contributed by atoms with E-state index in [1.54, 1.807) is 36.0 Å². The van der Waals surface area contributed by atoms with Gasteiger partial charge in [-0.1, -0.05) is 24.3 Å². The molecule has 0 N–H and O–H groups in total. The minimum absolute atomic E-state index is 0.0519. The number of halogens is 1. The monoisotopic (exact) mass is 238 g/mol. The SMILES string of the molecule is CC(=O)c1ccccc1C(F)C1CCSC1. The molecule has 1 aliphatic heterocycles. The molecule has 1 aromatic carbocycles. The van der Waals surface area contributed by atoms with Crippen molar-refractivity contribution < 1.29 is 9.18 Å². The molecule has 1 aliphatic rings. The molecule has 0 spiro atoms. The van der Waals surface area contributed by atoms with Crippen LogP contribution in [0.15, 0.2) is 24.3 Å². The molecule has 2 atom stereocenters. The van der Waals surface area contributed by atoms with Crippen LogP contribution in [0, 0.1) is 5.92 Å². The molecule has 1 aromatic rings. The van der Waals surface area contributed by atoms with Gasteiger partial charge in [-0.15, -0.1) is 0 Å². The molecular weight excluding hydrogens is 223 g/mol. The van der Waals surface area contributed by atoms with E-state index in [4.69, 9.17) is 0 Å². The number of hydrogen-bond donors (Lipinski definition) is 0. The van der Waals surface area contributed by atoms with Crippen molar-refractivity contribution in [1.82, 2.24) is 0 Å². The topological polar surface area (TPSA) is 17.1 Å². The van der Waals surface area contributed by atoms with Gasteiger partial charge in [-0.05, 0) is 30.4 Å². The Morgan fingerprint density at radius 3 is 2.88 bits per heavy atom. The molecule has 86 valence electrons. The fourth-order valence-electron chi connectivity index (χ4n) is 2.10. The predicted molar refractivity (Wildman–Crippen MR) is 65.7 cm³/mol. The molecule has 1 fully saturated rings. The normalized spacial score (nSPS) is 22.0. The maximum Gasteiger partial charge on any atom is 0.160 e. The third-order valence-corrected chi connectivity index (χ3v) is 4.20. The van der Waals surface area contributed by atoms with E-state index in [-0.39, 0.29) is 11.7 Å². The average molecular weight is 238 g/mol. The Labute approximate surface area is 99.4 Å². The predicted octanol–water partition coefficient (Wildman–Crippen LogP) is 3.65. The highest BCUT2D eigenvalue weighted by atomic mass is 32.2. The van der Waals surface area contributed by atoms with Crippen LogP contribution in [-0.4, -0.2) is 17.3 Å². The van der Waals surface area contributed by atoms with Gasteiger partial charge >= 0.3 is 0 Å². The Morgan fingerprint density at radius 2 is 2.25 bits per heavy atom. The van der Waals surface area contributed by atoms with Gasteiger partial charge in [0.15, 0.2) is 5.78 Å². The highest BCUT2D eigenvalue weighted by Gasteiger charge is 2.28. The van der Waals surface area contributed by atoms with Crippen LogP contribution in [0.25, 0.3) is 0 Å². The van der Waals surface area contributed by atoms with Crippen molar-refractivity contribution in [3.8, 4) is 0 Å². The van der Waals surface area contributed by atoms with Crippen LogP contribution in [-0.2, 0) is 0 Å². The lowest BCUT2D eigenvalue weighted by molar-refractivity contribution is 0.101. The Hall–Kier alpha value is -0.830. The van der Waals surface area contributed by atoms with E-state index in [9.17, 15) is 9.18 Å². The van der Waals surface area contributed by atoms with E-state index in [1.807, 2.05) is 0 Å². The first-order chi connectivity index (χ1) is 7.70. The summed E-state index contributed by atoms with van der Waals surface area (Å²) in [7, 11) is 0. The third-order valence-electron chi connectivity index (χ3n) is 3.02. The molecular formula is C13H15FOS. The minimum atomic E-state index is -0.991. The van der Waals surface area contributed by atoms with E-state index in [1.165, 1.54) is 6.92 Å². The molecule has 0 bridgehead atoms. The highest BCUT2D eigenvalue weighted by molar-refractivity contribution is 7.99. The highest BCUT2D eigenvalue weighted by Crippen LogP contribution is 2.37. The van der Waals surface area contributed by atoms with Crippen LogP contribution in [0.3, 0.4) is 0 Å². The van der Waals surface area contributed by atoms with Crippen molar-refractivity contribution in [2.75, 3.05) is 11.5 Å². The summed E-state index contributed by atoms with van der Waals surface area (Å²) in [6.45, 7) is 1.49. The summed E-state index contributed by atoms with van der Waals surface area (Å²) in [6.07, 6.45) is -0.0759. The lowest BCUT2D eigenvalue weighted by atomic mass is 9.92. The Balaban J connectivity index is 2.27. The van der Waals surface area contributed by atoms with Crippen molar-refractivity contribution in [2.24, 2.45) is 5.92 Å². The first-order valence-electron chi connectivity index (χ1n) is 5.52. The van der Waals surface area contributed by atoms with Crippen LogP contribution in [0.2, 0.25) is 0 Å². The second kappa shape index (κ2) is 5.00. The second-order valence-corrected chi connectivity index (χ2v) is 5.32. The number of hydrogen-bond acceptors (Lipinski definition) is 2. The standard InChI is InChI=1S/C13H15FOS/c1-9(15)11-4-2-3-5-12(11)13(14)10-6-7-16-8-10/h2-5,10,13H,6-8H2,1H3. The fraction of sp³-hybridized carbons (Fsp3) is 0.462. The zero-order chi connectivity index (χ0) is 11.5. The quantitative estimate of drug-likeness (QED) is 0.748. The zero-order valence-electron chi connectivity index (χ0n) is 9.28. The summed E-state index contributed by atoms with van der Waals surface area (Å²) in [4.78, 5) is 11.4. The molecule has 2 unspecified atom stereocenters. The molecule has 0 amide bonds.